The summed E-state index contributed by atoms with van der Waals surface area (Å²) in [6.07, 6.45) is 0.726. The molecule has 1 unspecified atom stereocenters. The highest BCUT2D eigenvalue weighted by molar-refractivity contribution is 7.14. The summed E-state index contributed by atoms with van der Waals surface area (Å²) in [7, 11) is 0. The lowest BCUT2D eigenvalue weighted by Gasteiger charge is -2.21. The van der Waals surface area contributed by atoms with Crippen molar-refractivity contribution in [3.05, 3.63) is 105 Å². The molecule has 160 valence electrons. The van der Waals surface area contributed by atoms with E-state index in [1.165, 1.54) is 23.3 Å². The standard InChI is InChI=1S/C26H21ClFN3S/c1-16-3-4-20(13-17(16)2)23-14-25(19-7-11-22(28)12-8-19)31(30-23)26-29-24(15-32-26)18-5-9-21(27)10-6-18/h3-13,15,25H,14H2,1-2H3. The van der Waals surface area contributed by atoms with Crippen molar-refractivity contribution in [2.24, 2.45) is 5.10 Å². The fourth-order valence-electron chi connectivity index (χ4n) is 3.85. The third kappa shape index (κ3) is 4.06. The molecule has 1 aromatic heterocycles. The summed E-state index contributed by atoms with van der Waals surface area (Å²) in [6, 6.07) is 20.7. The van der Waals surface area contributed by atoms with E-state index in [0.29, 0.717) is 5.02 Å². The van der Waals surface area contributed by atoms with Crippen LogP contribution in [0.25, 0.3) is 11.3 Å². The van der Waals surface area contributed by atoms with Gasteiger partial charge in [0, 0.05) is 22.4 Å². The molecule has 0 radical (unpaired) electrons. The lowest BCUT2D eigenvalue weighted by Crippen LogP contribution is -2.18. The molecule has 1 atom stereocenters. The number of halogens is 2. The zero-order valence-corrected chi connectivity index (χ0v) is 19.3. The topological polar surface area (TPSA) is 28.5 Å². The molecule has 32 heavy (non-hydrogen) atoms. The summed E-state index contributed by atoms with van der Waals surface area (Å²) in [6.45, 7) is 4.22. The highest BCUT2D eigenvalue weighted by atomic mass is 35.5. The maximum absolute atomic E-state index is 13.6. The van der Waals surface area contributed by atoms with Crippen LogP contribution >= 0.6 is 22.9 Å². The van der Waals surface area contributed by atoms with Crippen LogP contribution in [0.15, 0.2) is 77.2 Å². The first-order chi connectivity index (χ1) is 15.5. The molecule has 3 nitrogen and oxygen atoms in total. The Kier molecular flexibility index (Phi) is 5.53. The lowest BCUT2D eigenvalue weighted by molar-refractivity contribution is 0.624. The lowest BCUT2D eigenvalue weighted by atomic mass is 9.96. The number of hydrogen-bond acceptors (Lipinski definition) is 4. The van der Waals surface area contributed by atoms with Crippen LogP contribution in [0.1, 0.15) is 34.7 Å². The van der Waals surface area contributed by atoms with Crippen LogP contribution in [-0.4, -0.2) is 10.7 Å². The van der Waals surface area contributed by atoms with Crippen molar-refractivity contribution in [3.8, 4) is 11.3 Å². The summed E-state index contributed by atoms with van der Waals surface area (Å²) < 4.78 is 13.6. The molecule has 0 saturated heterocycles. The first-order valence-corrected chi connectivity index (χ1v) is 11.6. The van der Waals surface area contributed by atoms with E-state index < -0.39 is 0 Å². The fraction of sp³-hybridized carbons (Fsp3) is 0.154. The number of rotatable bonds is 4. The monoisotopic (exact) mass is 461 g/mol. The summed E-state index contributed by atoms with van der Waals surface area (Å²) in [4.78, 5) is 4.87. The Bertz CT molecular complexity index is 1300. The van der Waals surface area contributed by atoms with Gasteiger partial charge in [-0.3, -0.25) is 0 Å². The molecule has 0 saturated carbocycles. The molecular formula is C26H21ClFN3S. The molecule has 0 bridgehead atoms. The molecule has 0 N–H and O–H groups in total. The predicted octanol–water partition coefficient (Wildman–Crippen LogP) is 7.58. The number of aromatic nitrogens is 1. The van der Waals surface area contributed by atoms with Crippen LogP contribution in [0, 0.1) is 19.7 Å². The average molecular weight is 462 g/mol. The Hall–Kier alpha value is -3.02. The van der Waals surface area contributed by atoms with E-state index in [-0.39, 0.29) is 11.9 Å². The van der Waals surface area contributed by atoms with Crippen LogP contribution in [0.3, 0.4) is 0 Å². The number of nitrogens with zero attached hydrogens (tertiary/aromatic N) is 3. The van der Waals surface area contributed by atoms with Gasteiger partial charge in [0.15, 0.2) is 0 Å². The second-order valence-corrected chi connectivity index (χ2v) is 9.26. The van der Waals surface area contributed by atoms with Crippen molar-refractivity contribution < 1.29 is 4.39 Å². The van der Waals surface area contributed by atoms with Gasteiger partial charge in [0.05, 0.1) is 17.4 Å². The van der Waals surface area contributed by atoms with E-state index >= 15 is 0 Å². The number of hydrogen-bond donors (Lipinski definition) is 0. The van der Waals surface area contributed by atoms with Gasteiger partial charge in [-0.25, -0.2) is 14.4 Å². The second-order valence-electron chi connectivity index (χ2n) is 7.98. The van der Waals surface area contributed by atoms with Gasteiger partial charge < -0.3 is 0 Å². The third-order valence-electron chi connectivity index (χ3n) is 5.83. The number of hydrazone groups is 1. The molecule has 3 aromatic carbocycles. The SMILES string of the molecule is Cc1ccc(C2=NN(c3nc(-c4ccc(Cl)cc4)cs3)C(c3ccc(F)cc3)C2)cc1C. The molecule has 4 aromatic rings. The summed E-state index contributed by atoms with van der Waals surface area (Å²) in [5.74, 6) is -0.243. The van der Waals surface area contributed by atoms with Crippen LogP contribution < -0.4 is 5.01 Å². The molecule has 0 amide bonds. The van der Waals surface area contributed by atoms with Gasteiger partial charge >= 0.3 is 0 Å². The van der Waals surface area contributed by atoms with Crippen molar-refractivity contribution in [2.75, 3.05) is 5.01 Å². The summed E-state index contributed by atoms with van der Waals surface area (Å²) in [5.41, 5.74) is 7.51. The van der Waals surface area contributed by atoms with Gasteiger partial charge in [-0.1, -0.05) is 48.0 Å². The number of aryl methyl sites for hydroxylation is 2. The zero-order valence-electron chi connectivity index (χ0n) is 17.7. The van der Waals surface area contributed by atoms with Crippen molar-refractivity contribution in [3.63, 3.8) is 0 Å². The molecule has 6 heteroatoms. The minimum atomic E-state index is -0.243. The van der Waals surface area contributed by atoms with Crippen molar-refractivity contribution >= 4 is 33.8 Å². The number of benzene rings is 3. The highest BCUT2D eigenvalue weighted by Crippen LogP contribution is 2.39. The van der Waals surface area contributed by atoms with Crippen LogP contribution in [0.2, 0.25) is 5.02 Å². The molecule has 5 rings (SSSR count). The van der Waals surface area contributed by atoms with Gasteiger partial charge in [-0.15, -0.1) is 11.3 Å². The summed E-state index contributed by atoms with van der Waals surface area (Å²) in [5, 5.41) is 10.5. The Morgan fingerprint density at radius 3 is 2.38 bits per heavy atom. The number of anilines is 1. The fourth-order valence-corrected chi connectivity index (χ4v) is 4.81. The maximum Gasteiger partial charge on any atom is 0.207 e. The van der Waals surface area contributed by atoms with Gasteiger partial charge in [0.25, 0.3) is 0 Å². The molecule has 0 fully saturated rings. The van der Waals surface area contributed by atoms with E-state index in [4.69, 9.17) is 21.7 Å². The Morgan fingerprint density at radius 1 is 0.938 bits per heavy atom. The van der Waals surface area contributed by atoms with Gasteiger partial charge in [-0.05, 0) is 66.4 Å². The van der Waals surface area contributed by atoms with Gasteiger partial charge in [-0.2, -0.15) is 5.10 Å². The van der Waals surface area contributed by atoms with E-state index in [2.05, 4.69) is 32.0 Å². The van der Waals surface area contributed by atoms with Gasteiger partial charge in [0.1, 0.15) is 5.82 Å². The van der Waals surface area contributed by atoms with E-state index in [1.54, 1.807) is 11.3 Å². The van der Waals surface area contributed by atoms with E-state index in [0.717, 1.165) is 39.6 Å². The molecular weight excluding hydrogens is 441 g/mol. The smallest absolute Gasteiger partial charge is 0.207 e. The van der Waals surface area contributed by atoms with Crippen molar-refractivity contribution in [2.45, 2.75) is 26.3 Å². The molecule has 1 aliphatic rings. The van der Waals surface area contributed by atoms with Crippen molar-refractivity contribution in [1.82, 2.24) is 4.98 Å². The largest absolute Gasteiger partial charge is 0.231 e. The normalized spacial score (nSPS) is 15.8. The first kappa shape index (κ1) is 20.9. The number of thiazole rings is 1. The minimum absolute atomic E-state index is 0.0450. The highest BCUT2D eigenvalue weighted by Gasteiger charge is 2.32. The molecule has 0 aliphatic carbocycles. The zero-order chi connectivity index (χ0) is 22.2. The second kappa shape index (κ2) is 8.49. The van der Waals surface area contributed by atoms with E-state index in [9.17, 15) is 4.39 Å². The third-order valence-corrected chi connectivity index (χ3v) is 6.92. The Labute approximate surface area is 195 Å². The maximum atomic E-state index is 13.6. The van der Waals surface area contributed by atoms with Crippen LogP contribution in [0.4, 0.5) is 9.52 Å². The van der Waals surface area contributed by atoms with E-state index in [1.807, 2.05) is 46.8 Å². The first-order valence-electron chi connectivity index (χ1n) is 10.4. The molecule has 2 heterocycles. The summed E-state index contributed by atoms with van der Waals surface area (Å²) >= 11 is 7.58. The van der Waals surface area contributed by atoms with Crippen LogP contribution in [0.5, 0.6) is 0 Å². The average Bonchev–Trinajstić information content (AvgIpc) is 3.44. The molecule has 0 spiro atoms. The quantitative estimate of drug-likeness (QED) is 0.313. The van der Waals surface area contributed by atoms with Crippen molar-refractivity contribution in [1.29, 1.82) is 0 Å². The Balaban J connectivity index is 1.54. The predicted molar refractivity (Wildman–Crippen MR) is 131 cm³/mol. The van der Waals surface area contributed by atoms with Gasteiger partial charge in [0.2, 0.25) is 5.13 Å². The van der Waals surface area contributed by atoms with Crippen LogP contribution in [-0.2, 0) is 0 Å². The molecule has 1 aliphatic heterocycles. The minimum Gasteiger partial charge on any atom is -0.231 e. The Morgan fingerprint density at radius 2 is 1.66 bits per heavy atom.